The fourth-order valence-corrected chi connectivity index (χ4v) is 5.04. The Kier molecular flexibility index (Phi) is 5.74. The summed E-state index contributed by atoms with van der Waals surface area (Å²) in [5.74, 6) is -0.246. The molecule has 3 rings (SSSR count). The van der Waals surface area contributed by atoms with Gasteiger partial charge < -0.3 is 14.4 Å². The minimum absolute atomic E-state index is 0.00106. The minimum atomic E-state index is -3.08. The van der Waals surface area contributed by atoms with Crippen molar-refractivity contribution in [3.63, 3.8) is 0 Å². The third-order valence-corrected chi connectivity index (χ3v) is 6.84. The number of rotatable bonds is 7. The van der Waals surface area contributed by atoms with E-state index in [0.29, 0.717) is 12.2 Å². The number of benzene rings is 1. The van der Waals surface area contributed by atoms with Crippen molar-refractivity contribution in [2.45, 2.75) is 45.2 Å². The van der Waals surface area contributed by atoms with Crippen molar-refractivity contribution < 1.29 is 27.5 Å². The van der Waals surface area contributed by atoms with Crippen LogP contribution in [0.15, 0.2) is 18.2 Å². The van der Waals surface area contributed by atoms with Gasteiger partial charge in [0.2, 0.25) is 0 Å². The number of hydrogen-bond acceptors (Lipinski definition) is 6. The highest BCUT2D eigenvalue weighted by molar-refractivity contribution is 7.91. The number of aryl methyl sites for hydroxylation is 1. The molecule has 27 heavy (non-hydrogen) atoms. The molecule has 0 unspecified atom stereocenters. The molecule has 1 aliphatic carbocycles. The topological polar surface area (TPSA) is 90.0 Å². The first kappa shape index (κ1) is 19.7. The second kappa shape index (κ2) is 7.88. The van der Waals surface area contributed by atoms with Crippen LogP contribution in [0.4, 0.5) is 0 Å². The maximum absolute atomic E-state index is 12.5. The predicted octanol–water partition coefficient (Wildman–Crippen LogP) is 1.40. The number of ether oxygens (including phenoxy) is 2. The summed E-state index contributed by atoms with van der Waals surface area (Å²) in [4.78, 5) is 26.1. The molecule has 0 spiro atoms. The van der Waals surface area contributed by atoms with Gasteiger partial charge in [-0.2, -0.15) is 0 Å². The summed E-state index contributed by atoms with van der Waals surface area (Å²) in [6.45, 7) is 3.19. The largest absolute Gasteiger partial charge is 0.482 e. The summed E-state index contributed by atoms with van der Waals surface area (Å²) >= 11 is 0. The van der Waals surface area contributed by atoms with E-state index in [2.05, 4.69) is 0 Å². The van der Waals surface area contributed by atoms with E-state index in [-0.39, 0.29) is 42.7 Å². The molecule has 1 aromatic rings. The fraction of sp³-hybridized carbons (Fsp3) is 0.579. The number of carbonyl (C=O) groups excluding carboxylic acids is 2. The second-order valence-electron chi connectivity index (χ2n) is 7.24. The first-order valence-corrected chi connectivity index (χ1v) is 11.0. The van der Waals surface area contributed by atoms with Gasteiger partial charge in [-0.15, -0.1) is 0 Å². The van der Waals surface area contributed by atoms with Crippen LogP contribution in [0.5, 0.6) is 5.75 Å². The predicted molar refractivity (Wildman–Crippen MR) is 99.3 cm³/mol. The second-order valence-corrected chi connectivity index (χ2v) is 9.47. The molecule has 1 saturated carbocycles. The van der Waals surface area contributed by atoms with Crippen LogP contribution in [0.25, 0.3) is 0 Å². The lowest BCUT2D eigenvalue weighted by Crippen LogP contribution is -2.45. The van der Waals surface area contributed by atoms with E-state index in [9.17, 15) is 18.0 Å². The standard InChI is InChI=1S/C19H25NO6S/c1-13-4-3-5-17(14(13)2)25-11-19(22)26-10-18(21)20(15-6-7-15)16-8-9-27(23,24)12-16/h3-5,15-16H,6-12H2,1-2H3/t16-/m0/s1. The summed E-state index contributed by atoms with van der Waals surface area (Å²) in [5.41, 5.74) is 2.01. The van der Waals surface area contributed by atoms with E-state index in [1.165, 1.54) is 0 Å². The first-order valence-electron chi connectivity index (χ1n) is 9.13. The Hall–Kier alpha value is -2.09. The monoisotopic (exact) mass is 395 g/mol. The molecule has 2 aliphatic rings. The number of hydrogen-bond donors (Lipinski definition) is 0. The molecule has 148 valence electrons. The van der Waals surface area contributed by atoms with Gasteiger partial charge in [0.05, 0.1) is 11.5 Å². The molecule has 1 heterocycles. The minimum Gasteiger partial charge on any atom is -0.482 e. The zero-order valence-electron chi connectivity index (χ0n) is 15.6. The summed E-state index contributed by atoms with van der Waals surface area (Å²) in [6, 6.07) is 5.33. The third kappa shape index (κ3) is 5.00. The van der Waals surface area contributed by atoms with Crippen molar-refractivity contribution in [2.24, 2.45) is 0 Å². The maximum atomic E-state index is 12.5. The van der Waals surface area contributed by atoms with Gasteiger partial charge in [-0.25, -0.2) is 13.2 Å². The highest BCUT2D eigenvalue weighted by atomic mass is 32.2. The Morgan fingerprint density at radius 1 is 1.11 bits per heavy atom. The summed E-state index contributed by atoms with van der Waals surface area (Å²) < 4.78 is 34.0. The Morgan fingerprint density at radius 2 is 1.85 bits per heavy atom. The van der Waals surface area contributed by atoms with Gasteiger partial charge in [0.15, 0.2) is 23.1 Å². The van der Waals surface area contributed by atoms with E-state index < -0.39 is 15.8 Å². The van der Waals surface area contributed by atoms with Crippen LogP contribution in [0.1, 0.15) is 30.4 Å². The molecule has 1 saturated heterocycles. The van der Waals surface area contributed by atoms with Crippen LogP contribution >= 0.6 is 0 Å². The van der Waals surface area contributed by atoms with Crippen LogP contribution in [-0.4, -0.2) is 62.0 Å². The maximum Gasteiger partial charge on any atom is 0.344 e. The molecule has 7 nitrogen and oxygen atoms in total. The summed E-state index contributed by atoms with van der Waals surface area (Å²) in [7, 11) is -3.08. The molecule has 0 bridgehead atoms. The van der Waals surface area contributed by atoms with Crippen LogP contribution in [0.3, 0.4) is 0 Å². The number of carbonyl (C=O) groups is 2. The lowest BCUT2D eigenvalue weighted by Gasteiger charge is -2.28. The average Bonchev–Trinajstić information content (AvgIpc) is 3.37. The molecule has 1 atom stereocenters. The fourth-order valence-electron chi connectivity index (χ4n) is 3.33. The molecule has 0 radical (unpaired) electrons. The molecular weight excluding hydrogens is 370 g/mol. The number of esters is 1. The number of amides is 1. The van der Waals surface area contributed by atoms with Crippen molar-refractivity contribution in [2.75, 3.05) is 24.7 Å². The Morgan fingerprint density at radius 3 is 2.48 bits per heavy atom. The molecular formula is C19H25NO6S. The molecule has 1 aromatic carbocycles. The molecule has 1 amide bonds. The van der Waals surface area contributed by atoms with Crippen LogP contribution in [0.2, 0.25) is 0 Å². The van der Waals surface area contributed by atoms with Gasteiger partial charge in [-0.05, 0) is 50.3 Å². The van der Waals surface area contributed by atoms with E-state index in [4.69, 9.17) is 9.47 Å². The van der Waals surface area contributed by atoms with E-state index in [1.54, 1.807) is 11.0 Å². The van der Waals surface area contributed by atoms with Gasteiger partial charge >= 0.3 is 5.97 Å². The van der Waals surface area contributed by atoms with E-state index in [1.807, 2.05) is 26.0 Å². The van der Waals surface area contributed by atoms with Crippen molar-refractivity contribution in [1.29, 1.82) is 0 Å². The van der Waals surface area contributed by atoms with Gasteiger partial charge in [0.1, 0.15) is 5.75 Å². The van der Waals surface area contributed by atoms with Crippen molar-refractivity contribution >= 4 is 21.7 Å². The Bertz CT molecular complexity index is 831. The third-order valence-electron chi connectivity index (χ3n) is 5.09. The molecule has 0 aromatic heterocycles. The Balaban J connectivity index is 1.50. The summed E-state index contributed by atoms with van der Waals surface area (Å²) in [5, 5.41) is 0. The molecule has 8 heteroatoms. The number of sulfone groups is 1. The van der Waals surface area contributed by atoms with Gasteiger partial charge in [-0.3, -0.25) is 4.79 Å². The lowest BCUT2D eigenvalue weighted by molar-refractivity contribution is -0.154. The SMILES string of the molecule is Cc1cccc(OCC(=O)OCC(=O)N(C2CC2)[C@H]2CCS(=O)(=O)C2)c1C. The molecule has 0 N–H and O–H groups in total. The van der Waals surface area contributed by atoms with Crippen molar-refractivity contribution in [1.82, 2.24) is 4.90 Å². The highest BCUT2D eigenvalue weighted by Gasteiger charge is 2.42. The van der Waals surface area contributed by atoms with Crippen molar-refractivity contribution in [3.05, 3.63) is 29.3 Å². The summed E-state index contributed by atoms with van der Waals surface area (Å²) in [6.07, 6.45) is 2.19. The highest BCUT2D eigenvalue weighted by Crippen LogP contribution is 2.32. The first-order chi connectivity index (χ1) is 12.8. The molecule has 2 fully saturated rings. The van der Waals surface area contributed by atoms with Crippen LogP contribution in [0, 0.1) is 13.8 Å². The quantitative estimate of drug-likeness (QED) is 0.649. The van der Waals surface area contributed by atoms with E-state index >= 15 is 0 Å². The zero-order valence-corrected chi connectivity index (χ0v) is 16.5. The molecule has 1 aliphatic heterocycles. The van der Waals surface area contributed by atoms with Gasteiger partial charge in [0, 0.05) is 12.1 Å². The van der Waals surface area contributed by atoms with Crippen LogP contribution in [-0.2, 0) is 24.2 Å². The zero-order chi connectivity index (χ0) is 19.6. The van der Waals surface area contributed by atoms with Crippen molar-refractivity contribution in [3.8, 4) is 5.75 Å². The van der Waals surface area contributed by atoms with E-state index in [0.717, 1.165) is 24.0 Å². The van der Waals surface area contributed by atoms with Crippen LogP contribution < -0.4 is 4.74 Å². The Labute approximate surface area is 159 Å². The van der Waals surface area contributed by atoms with Gasteiger partial charge in [-0.1, -0.05) is 12.1 Å². The normalized spacial score (nSPS) is 20.9. The van der Waals surface area contributed by atoms with Gasteiger partial charge in [0.25, 0.3) is 5.91 Å². The smallest absolute Gasteiger partial charge is 0.344 e. The average molecular weight is 395 g/mol. The lowest BCUT2D eigenvalue weighted by atomic mass is 10.1. The number of nitrogens with zero attached hydrogens (tertiary/aromatic N) is 1.